The van der Waals surface area contributed by atoms with E-state index in [1.807, 2.05) is 31.4 Å². The summed E-state index contributed by atoms with van der Waals surface area (Å²) in [5.41, 5.74) is 0. The zero-order chi connectivity index (χ0) is 14.3. The molecule has 106 valence electrons. The SMILES string of the molecule is CCCN(CC(=O)O)C(=O)NC(C)Cc1cccs1. The van der Waals surface area contributed by atoms with Gasteiger partial charge in [0, 0.05) is 23.9 Å². The number of nitrogens with zero attached hydrogens (tertiary/aromatic N) is 1. The number of amides is 2. The van der Waals surface area contributed by atoms with Crippen molar-refractivity contribution < 1.29 is 14.7 Å². The summed E-state index contributed by atoms with van der Waals surface area (Å²) < 4.78 is 0. The van der Waals surface area contributed by atoms with E-state index in [0.29, 0.717) is 6.54 Å². The summed E-state index contributed by atoms with van der Waals surface area (Å²) in [5, 5.41) is 13.6. The van der Waals surface area contributed by atoms with Gasteiger partial charge < -0.3 is 15.3 Å². The third kappa shape index (κ3) is 5.74. The predicted molar refractivity (Wildman–Crippen MR) is 75.5 cm³/mol. The fourth-order valence-corrected chi connectivity index (χ4v) is 2.60. The fourth-order valence-electron chi connectivity index (χ4n) is 1.77. The van der Waals surface area contributed by atoms with Crippen molar-refractivity contribution in [1.82, 2.24) is 10.2 Å². The number of thiophene rings is 1. The molecule has 0 aliphatic heterocycles. The summed E-state index contributed by atoms with van der Waals surface area (Å²) in [6.45, 7) is 4.02. The van der Waals surface area contributed by atoms with Crippen molar-refractivity contribution in [3.8, 4) is 0 Å². The van der Waals surface area contributed by atoms with Crippen molar-refractivity contribution in [3.63, 3.8) is 0 Å². The van der Waals surface area contributed by atoms with E-state index in [-0.39, 0.29) is 18.6 Å². The van der Waals surface area contributed by atoms with Crippen LogP contribution in [0.25, 0.3) is 0 Å². The molecule has 1 aromatic heterocycles. The maximum Gasteiger partial charge on any atom is 0.323 e. The van der Waals surface area contributed by atoms with Crippen LogP contribution in [-0.2, 0) is 11.2 Å². The molecule has 5 nitrogen and oxygen atoms in total. The number of carboxylic acid groups (broad SMARTS) is 1. The van der Waals surface area contributed by atoms with Gasteiger partial charge in [-0.1, -0.05) is 13.0 Å². The molecule has 1 unspecified atom stereocenters. The lowest BCUT2D eigenvalue weighted by Gasteiger charge is -2.23. The lowest BCUT2D eigenvalue weighted by atomic mass is 10.2. The molecular weight excluding hydrogens is 264 g/mol. The summed E-state index contributed by atoms with van der Waals surface area (Å²) in [6, 6.07) is 3.67. The van der Waals surface area contributed by atoms with Crippen LogP contribution in [0.4, 0.5) is 4.79 Å². The molecule has 0 aliphatic carbocycles. The van der Waals surface area contributed by atoms with Crippen LogP contribution in [0.2, 0.25) is 0 Å². The number of rotatable bonds is 7. The summed E-state index contributed by atoms with van der Waals surface area (Å²) in [5.74, 6) is -0.991. The molecule has 0 fully saturated rings. The molecule has 2 amide bonds. The van der Waals surface area contributed by atoms with Gasteiger partial charge in [-0.05, 0) is 24.8 Å². The van der Waals surface area contributed by atoms with Gasteiger partial charge in [-0.3, -0.25) is 4.79 Å². The fraction of sp³-hybridized carbons (Fsp3) is 0.538. The molecule has 1 atom stereocenters. The van der Waals surface area contributed by atoms with E-state index >= 15 is 0 Å². The normalized spacial score (nSPS) is 11.9. The second kappa shape index (κ2) is 7.78. The van der Waals surface area contributed by atoms with Crippen LogP contribution in [0.1, 0.15) is 25.1 Å². The molecule has 0 bridgehead atoms. The molecular formula is C13H20N2O3S. The molecule has 1 rings (SSSR count). The highest BCUT2D eigenvalue weighted by atomic mass is 32.1. The van der Waals surface area contributed by atoms with Gasteiger partial charge in [0.15, 0.2) is 0 Å². The average molecular weight is 284 g/mol. The Labute approximate surface area is 117 Å². The largest absolute Gasteiger partial charge is 0.480 e. The molecule has 0 saturated heterocycles. The number of carbonyl (C=O) groups is 2. The zero-order valence-electron chi connectivity index (χ0n) is 11.3. The highest BCUT2D eigenvalue weighted by Crippen LogP contribution is 2.11. The number of hydrogen-bond acceptors (Lipinski definition) is 3. The first-order chi connectivity index (χ1) is 9.02. The highest BCUT2D eigenvalue weighted by molar-refractivity contribution is 7.09. The third-order valence-corrected chi connectivity index (χ3v) is 3.46. The van der Waals surface area contributed by atoms with E-state index < -0.39 is 5.97 Å². The smallest absolute Gasteiger partial charge is 0.323 e. The van der Waals surface area contributed by atoms with E-state index in [1.54, 1.807) is 11.3 Å². The Morgan fingerprint density at radius 1 is 1.53 bits per heavy atom. The van der Waals surface area contributed by atoms with E-state index in [9.17, 15) is 9.59 Å². The Kier molecular flexibility index (Phi) is 6.35. The number of carboxylic acids is 1. The maximum atomic E-state index is 12.0. The average Bonchev–Trinajstić information content (AvgIpc) is 2.80. The van der Waals surface area contributed by atoms with E-state index in [1.165, 1.54) is 9.78 Å². The standard InChI is InChI=1S/C13H20N2O3S/c1-3-6-15(9-12(16)17)13(18)14-10(2)8-11-5-4-7-19-11/h4-5,7,10H,3,6,8-9H2,1-2H3,(H,14,18)(H,16,17). The summed E-state index contributed by atoms with van der Waals surface area (Å²) in [6.07, 6.45) is 1.50. The molecule has 0 spiro atoms. The van der Waals surface area contributed by atoms with Crippen molar-refractivity contribution in [2.24, 2.45) is 0 Å². The van der Waals surface area contributed by atoms with Crippen molar-refractivity contribution in [1.29, 1.82) is 0 Å². The minimum Gasteiger partial charge on any atom is -0.480 e. The first-order valence-corrected chi connectivity index (χ1v) is 7.20. The zero-order valence-corrected chi connectivity index (χ0v) is 12.1. The predicted octanol–water partition coefficient (Wildman–Crippen LogP) is 2.19. The molecule has 2 N–H and O–H groups in total. The second-order valence-corrected chi connectivity index (χ2v) is 5.48. The second-order valence-electron chi connectivity index (χ2n) is 4.45. The number of nitrogens with one attached hydrogen (secondary N) is 1. The Hall–Kier alpha value is -1.56. The molecule has 6 heteroatoms. The van der Waals surface area contributed by atoms with Crippen molar-refractivity contribution in [2.45, 2.75) is 32.7 Å². The van der Waals surface area contributed by atoms with Crippen LogP contribution in [0.3, 0.4) is 0 Å². The minimum absolute atomic E-state index is 0.0145. The number of urea groups is 1. The third-order valence-electron chi connectivity index (χ3n) is 2.56. The molecule has 19 heavy (non-hydrogen) atoms. The van der Waals surface area contributed by atoms with Gasteiger partial charge in [-0.15, -0.1) is 11.3 Å². The van der Waals surface area contributed by atoms with Gasteiger partial charge in [-0.2, -0.15) is 0 Å². The minimum atomic E-state index is -0.991. The number of hydrogen-bond donors (Lipinski definition) is 2. The van der Waals surface area contributed by atoms with Crippen LogP contribution in [-0.4, -0.2) is 41.1 Å². The van der Waals surface area contributed by atoms with Crippen molar-refractivity contribution in [2.75, 3.05) is 13.1 Å². The van der Waals surface area contributed by atoms with Crippen LogP contribution >= 0.6 is 11.3 Å². The Bertz CT molecular complexity index is 406. The lowest BCUT2D eigenvalue weighted by molar-refractivity contribution is -0.137. The van der Waals surface area contributed by atoms with E-state index in [2.05, 4.69) is 5.32 Å². The molecule has 0 saturated carbocycles. The van der Waals surface area contributed by atoms with Crippen LogP contribution in [0.5, 0.6) is 0 Å². The number of carbonyl (C=O) groups excluding carboxylic acids is 1. The molecule has 1 heterocycles. The Balaban J connectivity index is 2.48. The monoisotopic (exact) mass is 284 g/mol. The highest BCUT2D eigenvalue weighted by Gasteiger charge is 2.17. The molecule has 0 radical (unpaired) electrons. The quantitative estimate of drug-likeness (QED) is 0.806. The van der Waals surface area contributed by atoms with Crippen LogP contribution < -0.4 is 5.32 Å². The van der Waals surface area contributed by atoms with Gasteiger partial charge in [0.1, 0.15) is 6.54 Å². The Morgan fingerprint density at radius 3 is 2.79 bits per heavy atom. The van der Waals surface area contributed by atoms with Gasteiger partial charge in [0.05, 0.1) is 0 Å². The summed E-state index contributed by atoms with van der Waals surface area (Å²) in [4.78, 5) is 25.2. The van der Waals surface area contributed by atoms with Crippen molar-refractivity contribution in [3.05, 3.63) is 22.4 Å². The van der Waals surface area contributed by atoms with Crippen LogP contribution in [0.15, 0.2) is 17.5 Å². The summed E-state index contributed by atoms with van der Waals surface area (Å²) in [7, 11) is 0. The Morgan fingerprint density at radius 2 is 2.26 bits per heavy atom. The van der Waals surface area contributed by atoms with Gasteiger partial charge in [-0.25, -0.2) is 4.79 Å². The summed E-state index contributed by atoms with van der Waals surface area (Å²) >= 11 is 1.65. The van der Waals surface area contributed by atoms with E-state index in [4.69, 9.17) is 5.11 Å². The number of aliphatic carboxylic acids is 1. The van der Waals surface area contributed by atoms with E-state index in [0.717, 1.165) is 12.8 Å². The van der Waals surface area contributed by atoms with Crippen molar-refractivity contribution >= 4 is 23.3 Å². The van der Waals surface area contributed by atoms with Crippen LogP contribution in [0, 0.1) is 0 Å². The molecule has 1 aromatic rings. The lowest BCUT2D eigenvalue weighted by Crippen LogP contribution is -2.46. The maximum absolute atomic E-state index is 12.0. The van der Waals surface area contributed by atoms with Gasteiger partial charge >= 0.3 is 12.0 Å². The van der Waals surface area contributed by atoms with Gasteiger partial charge in [0.25, 0.3) is 0 Å². The topological polar surface area (TPSA) is 69.6 Å². The van der Waals surface area contributed by atoms with Gasteiger partial charge in [0.2, 0.25) is 0 Å². The molecule has 0 aliphatic rings. The first kappa shape index (κ1) is 15.5. The first-order valence-electron chi connectivity index (χ1n) is 6.32. The molecule has 0 aromatic carbocycles.